The SMILES string of the molecule is Clc1cccc(CC(Cl)c2cnn(-c3ccccc3)c2)c1. The van der Waals surface area contributed by atoms with E-state index < -0.39 is 0 Å². The van der Waals surface area contributed by atoms with E-state index >= 15 is 0 Å². The van der Waals surface area contributed by atoms with Crippen LogP contribution in [0.25, 0.3) is 5.69 Å². The molecule has 2 nitrogen and oxygen atoms in total. The molecule has 106 valence electrons. The average Bonchev–Trinajstić information content (AvgIpc) is 2.98. The van der Waals surface area contributed by atoms with E-state index in [0.717, 1.165) is 28.3 Å². The summed E-state index contributed by atoms with van der Waals surface area (Å²) in [6.07, 6.45) is 4.51. The number of alkyl halides is 1. The molecule has 0 saturated heterocycles. The average molecular weight is 317 g/mol. The summed E-state index contributed by atoms with van der Waals surface area (Å²) in [6, 6.07) is 17.8. The standard InChI is InChI=1S/C17H14Cl2N2/c18-15-6-4-5-13(9-15)10-17(19)14-11-20-21(12-14)16-7-2-1-3-8-16/h1-9,11-12,17H,10H2. The van der Waals surface area contributed by atoms with Gasteiger partial charge in [0.1, 0.15) is 0 Å². The van der Waals surface area contributed by atoms with Gasteiger partial charge in [0, 0.05) is 16.8 Å². The molecular formula is C17H14Cl2N2. The van der Waals surface area contributed by atoms with E-state index in [9.17, 15) is 0 Å². The topological polar surface area (TPSA) is 17.8 Å². The summed E-state index contributed by atoms with van der Waals surface area (Å²) in [6.45, 7) is 0. The molecule has 0 spiro atoms. The first-order valence-electron chi connectivity index (χ1n) is 6.71. The maximum absolute atomic E-state index is 6.50. The van der Waals surface area contributed by atoms with Crippen LogP contribution < -0.4 is 0 Å². The van der Waals surface area contributed by atoms with Crippen molar-refractivity contribution in [2.75, 3.05) is 0 Å². The largest absolute Gasteiger partial charge is 0.241 e. The van der Waals surface area contributed by atoms with Gasteiger partial charge in [0.05, 0.1) is 17.3 Å². The van der Waals surface area contributed by atoms with Crippen molar-refractivity contribution in [3.63, 3.8) is 0 Å². The van der Waals surface area contributed by atoms with Crippen molar-refractivity contribution in [3.8, 4) is 5.69 Å². The molecule has 2 aromatic carbocycles. The second kappa shape index (κ2) is 6.33. The van der Waals surface area contributed by atoms with Crippen LogP contribution in [0.2, 0.25) is 5.02 Å². The molecule has 21 heavy (non-hydrogen) atoms. The number of benzene rings is 2. The highest BCUT2D eigenvalue weighted by Crippen LogP contribution is 2.26. The Bertz CT molecular complexity index is 722. The van der Waals surface area contributed by atoms with Crippen molar-refractivity contribution in [2.24, 2.45) is 0 Å². The predicted octanol–water partition coefficient (Wildman–Crippen LogP) is 5.05. The van der Waals surface area contributed by atoms with Gasteiger partial charge in [-0.05, 0) is 36.2 Å². The molecule has 0 aliphatic carbocycles. The molecule has 0 radical (unpaired) electrons. The molecule has 0 amide bonds. The van der Waals surface area contributed by atoms with Crippen molar-refractivity contribution in [3.05, 3.63) is 83.1 Å². The van der Waals surface area contributed by atoms with E-state index in [1.165, 1.54) is 0 Å². The van der Waals surface area contributed by atoms with E-state index in [2.05, 4.69) is 5.10 Å². The lowest BCUT2D eigenvalue weighted by Gasteiger charge is -2.07. The Hall–Kier alpha value is -1.77. The third-order valence-electron chi connectivity index (χ3n) is 3.29. The Kier molecular flexibility index (Phi) is 4.28. The summed E-state index contributed by atoms with van der Waals surface area (Å²) < 4.78 is 1.84. The Morgan fingerprint density at radius 1 is 1.05 bits per heavy atom. The zero-order valence-corrected chi connectivity index (χ0v) is 12.8. The van der Waals surface area contributed by atoms with Crippen LogP contribution in [0.3, 0.4) is 0 Å². The molecule has 0 saturated carbocycles. The normalized spacial score (nSPS) is 12.3. The van der Waals surface area contributed by atoms with Crippen molar-refractivity contribution in [2.45, 2.75) is 11.8 Å². The van der Waals surface area contributed by atoms with E-state index in [4.69, 9.17) is 23.2 Å². The maximum atomic E-state index is 6.50. The second-order valence-electron chi connectivity index (χ2n) is 4.86. The van der Waals surface area contributed by atoms with Gasteiger partial charge in [-0.1, -0.05) is 41.9 Å². The van der Waals surface area contributed by atoms with Crippen LogP contribution in [0, 0.1) is 0 Å². The highest BCUT2D eigenvalue weighted by atomic mass is 35.5. The number of halogens is 2. The lowest BCUT2D eigenvalue weighted by molar-refractivity contribution is 0.877. The van der Waals surface area contributed by atoms with E-state index in [0.29, 0.717) is 0 Å². The molecule has 4 heteroatoms. The predicted molar refractivity (Wildman–Crippen MR) is 87.3 cm³/mol. The lowest BCUT2D eigenvalue weighted by atomic mass is 10.1. The fourth-order valence-electron chi connectivity index (χ4n) is 2.21. The Balaban J connectivity index is 1.77. The highest BCUT2D eigenvalue weighted by Gasteiger charge is 2.12. The summed E-state index contributed by atoms with van der Waals surface area (Å²) in [5.41, 5.74) is 3.14. The fourth-order valence-corrected chi connectivity index (χ4v) is 2.71. The summed E-state index contributed by atoms with van der Waals surface area (Å²) >= 11 is 12.5. The smallest absolute Gasteiger partial charge is 0.0656 e. The molecule has 1 unspecified atom stereocenters. The minimum absolute atomic E-state index is 0.124. The monoisotopic (exact) mass is 316 g/mol. The summed E-state index contributed by atoms with van der Waals surface area (Å²) in [7, 11) is 0. The van der Waals surface area contributed by atoms with Gasteiger partial charge in [0.2, 0.25) is 0 Å². The van der Waals surface area contributed by atoms with Crippen molar-refractivity contribution < 1.29 is 0 Å². The molecule has 3 rings (SSSR count). The minimum Gasteiger partial charge on any atom is -0.241 e. The van der Waals surface area contributed by atoms with Crippen LogP contribution in [0.4, 0.5) is 0 Å². The number of aromatic nitrogens is 2. The van der Waals surface area contributed by atoms with Crippen LogP contribution in [0.1, 0.15) is 16.5 Å². The van der Waals surface area contributed by atoms with Gasteiger partial charge in [-0.2, -0.15) is 5.10 Å². The maximum Gasteiger partial charge on any atom is 0.0656 e. The molecule has 1 heterocycles. The third-order valence-corrected chi connectivity index (χ3v) is 3.93. The Labute approximate surface area is 133 Å². The zero-order valence-electron chi connectivity index (χ0n) is 11.3. The van der Waals surface area contributed by atoms with Gasteiger partial charge in [-0.15, -0.1) is 11.6 Å². The van der Waals surface area contributed by atoms with Gasteiger partial charge in [-0.25, -0.2) is 4.68 Å². The second-order valence-corrected chi connectivity index (χ2v) is 5.82. The van der Waals surface area contributed by atoms with E-state index in [1.54, 1.807) is 0 Å². The summed E-state index contributed by atoms with van der Waals surface area (Å²) in [4.78, 5) is 0. The summed E-state index contributed by atoms with van der Waals surface area (Å²) in [5, 5.41) is 4.98. The first-order valence-corrected chi connectivity index (χ1v) is 7.52. The first-order chi connectivity index (χ1) is 10.2. The van der Waals surface area contributed by atoms with Gasteiger partial charge in [-0.3, -0.25) is 0 Å². The lowest BCUT2D eigenvalue weighted by Crippen LogP contribution is -1.95. The molecule has 1 aromatic heterocycles. The molecule has 0 aliphatic rings. The van der Waals surface area contributed by atoms with Gasteiger partial charge >= 0.3 is 0 Å². The number of nitrogens with zero attached hydrogens (tertiary/aromatic N) is 2. The van der Waals surface area contributed by atoms with Gasteiger partial charge in [0.15, 0.2) is 0 Å². The van der Waals surface area contributed by atoms with Crippen LogP contribution >= 0.6 is 23.2 Å². The van der Waals surface area contributed by atoms with E-state index in [-0.39, 0.29) is 5.38 Å². The zero-order chi connectivity index (χ0) is 14.7. The molecule has 0 N–H and O–H groups in total. The fraction of sp³-hybridized carbons (Fsp3) is 0.118. The molecule has 3 aromatic rings. The van der Waals surface area contributed by atoms with Crippen molar-refractivity contribution >= 4 is 23.2 Å². The molecule has 0 fully saturated rings. The van der Waals surface area contributed by atoms with Crippen molar-refractivity contribution in [1.29, 1.82) is 0 Å². The van der Waals surface area contributed by atoms with Crippen LogP contribution in [-0.4, -0.2) is 9.78 Å². The van der Waals surface area contributed by atoms with Crippen molar-refractivity contribution in [1.82, 2.24) is 9.78 Å². The summed E-state index contributed by atoms with van der Waals surface area (Å²) in [5.74, 6) is 0. The van der Waals surface area contributed by atoms with Crippen LogP contribution in [-0.2, 0) is 6.42 Å². The molecular weight excluding hydrogens is 303 g/mol. The number of rotatable bonds is 4. The quantitative estimate of drug-likeness (QED) is 0.616. The molecule has 1 atom stereocenters. The Morgan fingerprint density at radius 3 is 2.62 bits per heavy atom. The van der Waals surface area contributed by atoms with Crippen LogP contribution in [0.15, 0.2) is 67.0 Å². The number of para-hydroxylation sites is 1. The first kappa shape index (κ1) is 14.2. The highest BCUT2D eigenvalue weighted by molar-refractivity contribution is 6.30. The molecule has 0 bridgehead atoms. The Morgan fingerprint density at radius 2 is 1.86 bits per heavy atom. The minimum atomic E-state index is -0.124. The number of hydrogen-bond acceptors (Lipinski definition) is 1. The third kappa shape index (κ3) is 3.46. The van der Waals surface area contributed by atoms with Gasteiger partial charge < -0.3 is 0 Å². The molecule has 0 aliphatic heterocycles. The van der Waals surface area contributed by atoms with E-state index in [1.807, 2.05) is 71.7 Å². The van der Waals surface area contributed by atoms with Gasteiger partial charge in [0.25, 0.3) is 0 Å². The number of hydrogen-bond donors (Lipinski definition) is 0. The van der Waals surface area contributed by atoms with Crippen LogP contribution in [0.5, 0.6) is 0 Å².